The van der Waals surface area contributed by atoms with Gasteiger partial charge in [-0.25, -0.2) is 4.79 Å². The van der Waals surface area contributed by atoms with Crippen LogP contribution in [0, 0.1) is 6.92 Å². The Morgan fingerprint density at radius 1 is 1.33 bits per heavy atom. The summed E-state index contributed by atoms with van der Waals surface area (Å²) in [6.45, 7) is 1.66. The number of hydrogen-bond donors (Lipinski definition) is 2. The summed E-state index contributed by atoms with van der Waals surface area (Å²) in [6.07, 6.45) is 1.37. The molecule has 0 unspecified atom stereocenters. The van der Waals surface area contributed by atoms with Crippen molar-refractivity contribution in [1.29, 1.82) is 0 Å². The van der Waals surface area contributed by atoms with E-state index in [9.17, 15) is 9.59 Å². The highest BCUT2D eigenvalue weighted by Gasteiger charge is 2.12. The number of carboxylic acids is 1. The highest BCUT2D eigenvalue weighted by atomic mass is 16.5. The maximum atomic E-state index is 11.6. The second-order valence-electron chi connectivity index (χ2n) is 3.67. The second kappa shape index (κ2) is 4.70. The molecular weight excluding hydrogens is 236 g/mol. The summed E-state index contributed by atoms with van der Waals surface area (Å²) in [7, 11) is 0. The number of rotatable bonds is 3. The summed E-state index contributed by atoms with van der Waals surface area (Å²) < 4.78 is 4.70. The van der Waals surface area contributed by atoms with Gasteiger partial charge in [0.15, 0.2) is 0 Å². The van der Waals surface area contributed by atoms with Gasteiger partial charge in [0.1, 0.15) is 0 Å². The van der Waals surface area contributed by atoms with Gasteiger partial charge in [-0.15, -0.1) is 0 Å². The molecule has 0 bridgehead atoms. The Labute approximate surface area is 102 Å². The zero-order valence-electron chi connectivity index (χ0n) is 9.51. The summed E-state index contributed by atoms with van der Waals surface area (Å²) in [5.74, 6) is -1.34. The Morgan fingerprint density at radius 2 is 2.11 bits per heavy atom. The molecule has 2 aromatic rings. The van der Waals surface area contributed by atoms with Gasteiger partial charge in [-0.1, -0.05) is 5.16 Å². The Morgan fingerprint density at radius 3 is 2.67 bits per heavy atom. The Hall–Kier alpha value is -2.63. The molecule has 1 amide bonds. The highest BCUT2D eigenvalue weighted by Crippen LogP contribution is 2.16. The normalized spacial score (nSPS) is 10.1. The molecule has 92 valence electrons. The molecule has 2 rings (SSSR count). The quantitative estimate of drug-likeness (QED) is 0.863. The van der Waals surface area contributed by atoms with E-state index in [4.69, 9.17) is 9.63 Å². The van der Waals surface area contributed by atoms with Crippen LogP contribution in [-0.2, 0) is 0 Å². The molecule has 18 heavy (non-hydrogen) atoms. The van der Waals surface area contributed by atoms with Gasteiger partial charge in [-0.2, -0.15) is 0 Å². The minimum absolute atomic E-state index is 0.0926. The van der Waals surface area contributed by atoms with Crippen LogP contribution in [0.3, 0.4) is 0 Å². The largest absolute Gasteiger partial charge is 0.478 e. The van der Waals surface area contributed by atoms with Crippen LogP contribution >= 0.6 is 0 Å². The molecule has 0 radical (unpaired) electrons. The van der Waals surface area contributed by atoms with E-state index in [1.54, 1.807) is 13.0 Å². The number of nitrogens with zero attached hydrogens (tertiary/aromatic N) is 1. The SMILES string of the molecule is Cc1cc(NC(=O)c2ccno2)ccc1C(=O)O. The number of benzene rings is 1. The van der Waals surface area contributed by atoms with Gasteiger partial charge in [0.05, 0.1) is 11.8 Å². The van der Waals surface area contributed by atoms with Crippen LogP contribution in [0.1, 0.15) is 26.5 Å². The van der Waals surface area contributed by atoms with E-state index in [2.05, 4.69) is 10.5 Å². The first-order chi connectivity index (χ1) is 8.58. The van der Waals surface area contributed by atoms with Crippen LogP contribution in [0.5, 0.6) is 0 Å². The molecule has 0 aliphatic rings. The maximum Gasteiger partial charge on any atom is 0.335 e. The number of carboxylic acid groups (broad SMARTS) is 1. The molecule has 1 aromatic carbocycles. The lowest BCUT2D eigenvalue weighted by Crippen LogP contribution is -2.11. The molecule has 6 heteroatoms. The smallest absolute Gasteiger partial charge is 0.335 e. The lowest BCUT2D eigenvalue weighted by Gasteiger charge is -2.06. The molecule has 0 aliphatic heterocycles. The number of carbonyl (C=O) groups is 2. The van der Waals surface area contributed by atoms with E-state index in [1.807, 2.05) is 0 Å². The number of anilines is 1. The number of nitrogens with one attached hydrogen (secondary N) is 1. The summed E-state index contributed by atoms with van der Waals surface area (Å²) in [4.78, 5) is 22.5. The van der Waals surface area contributed by atoms with Gasteiger partial charge in [-0.05, 0) is 30.7 Å². The van der Waals surface area contributed by atoms with Crippen molar-refractivity contribution in [2.75, 3.05) is 5.32 Å². The standard InChI is InChI=1S/C12H10N2O4/c1-7-6-8(2-3-9(7)12(16)17)14-11(15)10-4-5-13-18-10/h2-6H,1H3,(H,14,15)(H,16,17). The first kappa shape index (κ1) is 11.8. The monoisotopic (exact) mass is 246 g/mol. The molecule has 0 saturated carbocycles. The first-order valence-corrected chi connectivity index (χ1v) is 5.14. The van der Waals surface area contributed by atoms with Crippen molar-refractivity contribution in [3.05, 3.63) is 47.3 Å². The van der Waals surface area contributed by atoms with E-state index in [-0.39, 0.29) is 11.3 Å². The predicted octanol–water partition coefficient (Wildman–Crippen LogP) is 1.93. The summed E-state index contributed by atoms with van der Waals surface area (Å²) >= 11 is 0. The summed E-state index contributed by atoms with van der Waals surface area (Å²) in [5, 5.41) is 14.9. The minimum atomic E-state index is -0.999. The molecule has 0 spiro atoms. The molecule has 0 saturated heterocycles. The van der Waals surface area contributed by atoms with Gasteiger partial charge in [-0.3, -0.25) is 4.79 Å². The predicted molar refractivity (Wildman–Crippen MR) is 62.6 cm³/mol. The molecular formula is C12H10N2O4. The van der Waals surface area contributed by atoms with Crippen LogP contribution in [-0.4, -0.2) is 22.1 Å². The van der Waals surface area contributed by atoms with E-state index in [1.165, 1.54) is 24.4 Å². The minimum Gasteiger partial charge on any atom is -0.478 e. The third-order valence-electron chi connectivity index (χ3n) is 2.38. The van der Waals surface area contributed by atoms with Crippen molar-refractivity contribution >= 4 is 17.6 Å². The zero-order chi connectivity index (χ0) is 13.1. The summed E-state index contributed by atoms with van der Waals surface area (Å²) in [5.41, 5.74) is 1.27. The molecule has 2 N–H and O–H groups in total. The number of carbonyl (C=O) groups excluding carboxylic acids is 1. The topological polar surface area (TPSA) is 92.4 Å². The van der Waals surface area contributed by atoms with Crippen molar-refractivity contribution < 1.29 is 19.2 Å². The second-order valence-corrected chi connectivity index (χ2v) is 3.67. The van der Waals surface area contributed by atoms with Gasteiger partial charge in [0.25, 0.3) is 5.91 Å². The van der Waals surface area contributed by atoms with Gasteiger partial charge < -0.3 is 14.9 Å². The fourth-order valence-electron chi connectivity index (χ4n) is 1.51. The van der Waals surface area contributed by atoms with Crippen molar-refractivity contribution in [3.8, 4) is 0 Å². The Balaban J connectivity index is 2.18. The van der Waals surface area contributed by atoms with E-state index in [0.29, 0.717) is 11.3 Å². The fraction of sp³-hybridized carbons (Fsp3) is 0.0833. The Kier molecular flexibility index (Phi) is 3.09. The lowest BCUT2D eigenvalue weighted by atomic mass is 10.1. The average molecular weight is 246 g/mol. The molecule has 0 fully saturated rings. The van der Waals surface area contributed by atoms with Crippen molar-refractivity contribution in [2.45, 2.75) is 6.92 Å². The van der Waals surface area contributed by atoms with Crippen molar-refractivity contribution in [1.82, 2.24) is 5.16 Å². The van der Waals surface area contributed by atoms with E-state index < -0.39 is 11.9 Å². The third-order valence-corrected chi connectivity index (χ3v) is 2.38. The highest BCUT2D eigenvalue weighted by molar-refractivity contribution is 6.02. The van der Waals surface area contributed by atoms with Crippen molar-refractivity contribution in [2.24, 2.45) is 0 Å². The molecule has 0 aliphatic carbocycles. The van der Waals surface area contributed by atoms with Crippen LogP contribution in [0.15, 0.2) is 35.0 Å². The molecule has 1 aromatic heterocycles. The summed E-state index contributed by atoms with van der Waals surface area (Å²) in [6, 6.07) is 5.98. The molecule has 6 nitrogen and oxygen atoms in total. The number of aryl methyl sites for hydroxylation is 1. The van der Waals surface area contributed by atoms with E-state index >= 15 is 0 Å². The number of hydrogen-bond acceptors (Lipinski definition) is 4. The van der Waals surface area contributed by atoms with Gasteiger partial charge in [0, 0.05) is 11.8 Å². The van der Waals surface area contributed by atoms with Gasteiger partial charge >= 0.3 is 5.97 Å². The Bertz CT molecular complexity index is 590. The van der Waals surface area contributed by atoms with Crippen LogP contribution in [0.4, 0.5) is 5.69 Å². The fourth-order valence-corrected chi connectivity index (χ4v) is 1.51. The van der Waals surface area contributed by atoms with Crippen LogP contribution in [0.2, 0.25) is 0 Å². The average Bonchev–Trinajstić information content (AvgIpc) is 2.81. The van der Waals surface area contributed by atoms with Crippen LogP contribution in [0.25, 0.3) is 0 Å². The number of aromatic carboxylic acids is 1. The van der Waals surface area contributed by atoms with E-state index in [0.717, 1.165) is 0 Å². The lowest BCUT2D eigenvalue weighted by molar-refractivity contribution is 0.0696. The zero-order valence-corrected chi connectivity index (χ0v) is 9.51. The molecule has 0 atom stereocenters. The van der Waals surface area contributed by atoms with Crippen LogP contribution < -0.4 is 5.32 Å². The number of aromatic nitrogens is 1. The molecule has 1 heterocycles. The van der Waals surface area contributed by atoms with Gasteiger partial charge in [0.2, 0.25) is 5.76 Å². The third kappa shape index (κ3) is 2.37. The number of amides is 1. The maximum absolute atomic E-state index is 11.6. The van der Waals surface area contributed by atoms with Crippen molar-refractivity contribution in [3.63, 3.8) is 0 Å². The first-order valence-electron chi connectivity index (χ1n) is 5.14.